The molecule has 100 valence electrons. The van der Waals surface area contributed by atoms with Crippen LogP contribution in [0.2, 0.25) is 0 Å². The number of aliphatic hydroxyl groups is 1. The van der Waals surface area contributed by atoms with Crippen LogP contribution in [0.25, 0.3) is 0 Å². The van der Waals surface area contributed by atoms with Gasteiger partial charge in [-0.2, -0.15) is 5.26 Å². The molecule has 3 unspecified atom stereocenters. The zero-order valence-corrected chi connectivity index (χ0v) is 12.5. The molecule has 0 aromatic heterocycles. The summed E-state index contributed by atoms with van der Waals surface area (Å²) in [4.78, 5) is 0. The van der Waals surface area contributed by atoms with Crippen molar-refractivity contribution < 1.29 is 5.11 Å². The standard InChI is InChI=1S/C12H25NO.CHNS/c1-9-6-7-12(4,11(9,2)3)10(14)8-13-5;2-1-3/h9-10,13-14H,6-8H2,1-5H3;3H. The zero-order chi connectivity index (χ0) is 13.7. The van der Waals surface area contributed by atoms with Gasteiger partial charge in [0.15, 0.2) is 0 Å². The van der Waals surface area contributed by atoms with Gasteiger partial charge < -0.3 is 10.4 Å². The zero-order valence-electron chi connectivity index (χ0n) is 11.6. The van der Waals surface area contributed by atoms with E-state index in [0.29, 0.717) is 12.5 Å². The van der Waals surface area contributed by atoms with Crippen molar-refractivity contribution in [1.82, 2.24) is 5.32 Å². The molecule has 0 aromatic carbocycles. The largest absolute Gasteiger partial charge is 0.391 e. The monoisotopic (exact) mass is 258 g/mol. The molecule has 1 fully saturated rings. The Balaban J connectivity index is 0.000000770. The predicted molar refractivity (Wildman–Crippen MR) is 74.8 cm³/mol. The number of rotatable bonds is 3. The van der Waals surface area contributed by atoms with Crippen molar-refractivity contribution in [2.24, 2.45) is 16.7 Å². The Labute approximate surface area is 111 Å². The summed E-state index contributed by atoms with van der Waals surface area (Å²) in [6.07, 6.45) is 2.15. The van der Waals surface area contributed by atoms with Crippen molar-refractivity contribution in [1.29, 1.82) is 5.26 Å². The van der Waals surface area contributed by atoms with Gasteiger partial charge in [0, 0.05) is 12.0 Å². The molecule has 0 amide bonds. The Morgan fingerprint density at radius 2 is 2.00 bits per heavy atom. The molecular formula is C13H26N2OS. The van der Waals surface area contributed by atoms with Crippen LogP contribution in [0.3, 0.4) is 0 Å². The van der Waals surface area contributed by atoms with Gasteiger partial charge in [0.25, 0.3) is 0 Å². The number of nitriles is 1. The van der Waals surface area contributed by atoms with Crippen LogP contribution in [0, 0.1) is 27.4 Å². The summed E-state index contributed by atoms with van der Waals surface area (Å²) in [6, 6.07) is 0. The third-order valence-electron chi connectivity index (χ3n) is 4.93. The van der Waals surface area contributed by atoms with Gasteiger partial charge in [-0.3, -0.25) is 0 Å². The van der Waals surface area contributed by atoms with Crippen LogP contribution in [0.4, 0.5) is 0 Å². The van der Waals surface area contributed by atoms with Crippen LogP contribution in [-0.2, 0) is 0 Å². The molecule has 1 aliphatic rings. The summed E-state index contributed by atoms with van der Waals surface area (Å²) < 4.78 is 0. The fourth-order valence-electron chi connectivity index (χ4n) is 2.78. The molecule has 0 spiro atoms. The number of nitrogens with zero attached hydrogens (tertiary/aromatic N) is 1. The van der Waals surface area contributed by atoms with E-state index in [1.807, 2.05) is 7.05 Å². The van der Waals surface area contributed by atoms with E-state index in [2.05, 4.69) is 45.6 Å². The second-order valence-electron chi connectivity index (χ2n) is 5.75. The molecule has 3 atom stereocenters. The summed E-state index contributed by atoms with van der Waals surface area (Å²) in [5, 5.41) is 21.9. The average molecular weight is 258 g/mol. The smallest absolute Gasteiger partial charge is 0.130 e. The molecule has 0 bridgehead atoms. The summed E-state index contributed by atoms with van der Waals surface area (Å²) in [5.41, 5.74) is 0.304. The molecule has 0 saturated heterocycles. The highest BCUT2D eigenvalue weighted by Gasteiger charge is 2.52. The molecule has 2 N–H and O–H groups in total. The number of hydrogen-bond acceptors (Lipinski definition) is 4. The van der Waals surface area contributed by atoms with Crippen LogP contribution in [0.1, 0.15) is 40.5 Å². The van der Waals surface area contributed by atoms with Gasteiger partial charge in [-0.25, -0.2) is 0 Å². The first-order chi connectivity index (χ1) is 7.77. The first kappa shape index (κ1) is 16.8. The Morgan fingerprint density at radius 1 is 1.53 bits per heavy atom. The molecule has 0 aromatic rings. The summed E-state index contributed by atoms with van der Waals surface area (Å²) in [5.74, 6) is 0.707. The van der Waals surface area contributed by atoms with E-state index >= 15 is 0 Å². The number of likely N-dealkylation sites (N-methyl/N-ethyl adjacent to an activating group) is 1. The number of thiocyanates is 1. The Hall–Kier alpha value is -0.240. The summed E-state index contributed by atoms with van der Waals surface area (Å²) in [7, 11) is 1.90. The van der Waals surface area contributed by atoms with Crippen LogP contribution in [0.5, 0.6) is 0 Å². The second-order valence-corrected chi connectivity index (χ2v) is 5.95. The van der Waals surface area contributed by atoms with E-state index in [1.54, 1.807) is 0 Å². The predicted octanol–water partition coefficient (Wildman–Crippen LogP) is 2.43. The minimum Gasteiger partial charge on any atom is -0.391 e. The third kappa shape index (κ3) is 3.37. The first-order valence-corrected chi connectivity index (χ1v) is 6.58. The van der Waals surface area contributed by atoms with Gasteiger partial charge in [0.05, 0.1) is 6.10 Å². The van der Waals surface area contributed by atoms with Crippen LogP contribution in [-0.4, -0.2) is 24.8 Å². The molecule has 4 heteroatoms. The molecular weight excluding hydrogens is 232 g/mol. The van der Waals surface area contributed by atoms with Crippen molar-refractivity contribution in [2.75, 3.05) is 13.6 Å². The maximum absolute atomic E-state index is 10.2. The number of hydrogen-bond donors (Lipinski definition) is 3. The lowest BCUT2D eigenvalue weighted by Gasteiger charge is -2.44. The lowest BCUT2D eigenvalue weighted by atomic mass is 9.63. The van der Waals surface area contributed by atoms with Gasteiger partial charge in [0.1, 0.15) is 5.40 Å². The van der Waals surface area contributed by atoms with Crippen molar-refractivity contribution in [2.45, 2.75) is 46.6 Å². The Bertz CT molecular complexity index is 275. The number of nitrogens with one attached hydrogen (secondary N) is 1. The lowest BCUT2D eigenvalue weighted by molar-refractivity contribution is -0.0382. The highest BCUT2D eigenvalue weighted by Crippen LogP contribution is 2.57. The molecule has 17 heavy (non-hydrogen) atoms. The van der Waals surface area contributed by atoms with Crippen molar-refractivity contribution in [3.8, 4) is 5.40 Å². The van der Waals surface area contributed by atoms with Crippen molar-refractivity contribution in [3.63, 3.8) is 0 Å². The van der Waals surface area contributed by atoms with Gasteiger partial charge in [0.2, 0.25) is 0 Å². The summed E-state index contributed by atoms with van der Waals surface area (Å²) in [6.45, 7) is 9.83. The third-order valence-corrected chi connectivity index (χ3v) is 4.93. The van der Waals surface area contributed by atoms with E-state index < -0.39 is 0 Å². The van der Waals surface area contributed by atoms with E-state index in [0.717, 1.165) is 6.42 Å². The van der Waals surface area contributed by atoms with Crippen molar-refractivity contribution in [3.05, 3.63) is 0 Å². The Morgan fingerprint density at radius 3 is 2.29 bits per heavy atom. The van der Waals surface area contributed by atoms with Crippen LogP contribution in [0.15, 0.2) is 0 Å². The summed E-state index contributed by atoms with van der Waals surface area (Å²) >= 11 is 3.09. The number of thiol groups is 1. The Kier molecular flexibility index (Phi) is 6.53. The normalized spacial score (nSPS) is 32.2. The van der Waals surface area contributed by atoms with Crippen molar-refractivity contribution >= 4 is 12.6 Å². The molecule has 1 rings (SSSR count). The average Bonchev–Trinajstić information content (AvgIpc) is 2.45. The molecule has 0 radical (unpaired) electrons. The lowest BCUT2D eigenvalue weighted by Crippen LogP contribution is -2.46. The number of aliphatic hydroxyl groups excluding tert-OH is 1. The van der Waals surface area contributed by atoms with E-state index in [-0.39, 0.29) is 16.9 Å². The molecule has 1 saturated carbocycles. The molecule has 3 nitrogen and oxygen atoms in total. The molecule has 1 aliphatic carbocycles. The topological polar surface area (TPSA) is 56.0 Å². The fourth-order valence-corrected chi connectivity index (χ4v) is 2.78. The highest BCUT2D eigenvalue weighted by atomic mass is 32.1. The van der Waals surface area contributed by atoms with Gasteiger partial charge >= 0.3 is 0 Å². The minimum absolute atomic E-state index is 0.0649. The maximum Gasteiger partial charge on any atom is 0.130 e. The molecule has 0 aliphatic heterocycles. The quantitative estimate of drug-likeness (QED) is 0.538. The maximum atomic E-state index is 10.2. The van der Waals surface area contributed by atoms with Crippen LogP contribution < -0.4 is 5.32 Å². The van der Waals surface area contributed by atoms with Gasteiger partial charge in [-0.15, -0.1) is 0 Å². The van der Waals surface area contributed by atoms with E-state index in [9.17, 15) is 5.11 Å². The van der Waals surface area contributed by atoms with Crippen LogP contribution >= 0.6 is 12.6 Å². The van der Waals surface area contributed by atoms with E-state index in [4.69, 9.17) is 5.26 Å². The van der Waals surface area contributed by atoms with Gasteiger partial charge in [-0.1, -0.05) is 40.3 Å². The highest BCUT2D eigenvalue weighted by molar-refractivity contribution is 7.85. The SMILES string of the molecule is CNCC(O)C1(C)CCC(C)C1(C)C.N#CS. The van der Waals surface area contributed by atoms with E-state index in [1.165, 1.54) is 11.8 Å². The minimum atomic E-state index is -0.229. The second kappa shape index (κ2) is 6.63. The fraction of sp³-hybridized carbons (Fsp3) is 0.923. The first-order valence-electron chi connectivity index (χ1n) is 6.13. The van der Waals surface area contributed by atoms with Gasteiger partial charge in [-0.05, 0) is 31.2 Å². The molecule has 0 heterocycles.